The molecule has 6 nitrogen and oxygen atoms in total. The molecular weight excluding hydrogens is 349 g/mol. The highest BCUT2D eigenvalue weighted by Gasteiger charge is 2.42. The minimum atomic E-state index is -0.571. The fraction of sp³-hybridized carbons (Fsp3) is 0.250. The molecule has 3 aromatic rings. The van der Waals surface area contributed by atoms with E-state index in [2.05, 4.69) is 4.98 Å². The first-order chi connectivity index (χ1) is 13.0. The minimum absolute atomic E-state index is 0.0367. The number of carbonyl (C=O) groups is 1. The van der Waals surface area contributed by atoms with Gasteiger partial charge in [-0.25, -0.2) is 4.39 Å². The van der Waals surface area contributed by atoms with Crippen molar-refractivity contribution in [1.82, 2.24) is 9.88 Å². The predicted molar refractivity (Wildman–Crippen MR) is 97.2 cm³/mol. The molecule has 0 fully saturated rings. The van der Waals surface area contributed by atoms with Crippen LogP contribution in [-0.4, -0.2) is 43.0 Å². The van der Waals surface area contributed by atoms with E-state index in [0.717, 1.165) is 11.6 Å². The monoisotopic (exact) mass is 368 g/mol. The van der Waals surface area contributed by atoms with Crippen LogP contribution in [0.3, 0.4) is 0 Å². The van der Waals surface area contributed by atoms with Crippen molar-refractivity contribution in [2.24, 2.45) is 0 Å². The number of nitrogens with one attached hydrogen (secondary N) is 1. The number of rotatable bonds is 4. The molecular formula is C20H19FN3O3+. The molecule has 0 unspecified atom stereocenters. The first-order valence-corrected chi connectivity index (χ1v) is 8.73. The summed E-state index contributed by atoms with van der Waals surface area (Å²) in [7, 11) is 3.99. The number of quaternary nitrogens is 1. The molecule has 0 spiro atoms. The van der Waals surface area contributed by atoms with Gasteiger partial charge >= 0.3 is 0 Å². The van der Waals surface area contributed by atoms with Crippen LogP contribution in [0.4, 0.5) is 4.39 Å². The summed E-state index contributed by atoms with van der Waals surface area (Å²) in [6.45, 7) is 1.17. The molecule has 1 aliphatic rings. The van der Waals surface area contributed by atoms with Crippen molar-refractivity contribution in [3.05, 3.63) is 75.7 Å². The summed E-state index contributed by atoms with van der Waals surface area (Å²) >= 11 is 0. The van der Waals surface area contributed by atoms with Crippen molar-refractivity contribution in [3.63, 3.8) is 0 Å². The molecule has 4 rings (SSSR count). The van der Waals surface area contributed by atoms with Gasteiger partial charge in [-0.3, -0.25) is 14.6 Å². The van der Waals surface area contributed by atoms with Crippen LogP contribution in [0.15, 0.2) is 51.9 Å². The number of carbonyl (C=O) groups excluding carboxylic acids is 1. The van der Waals surface area contributed by atoms with Crippen LogP contribution in [0.2, 0.25) is 0 Å². The van der Waals surface area contributed by atoms with Gasteiger partial charge in [-0.1, -0.05) is 0 Å². The highest BCUT2D eigenvalue weighted by atomic mass is 19.1. The summed E-state index contributed by atoms with van der Waals surface area (Å²) in [6.07, 6.45) is 3.24. The molecule has 1 amide bonds. The van der Waals surface area contributed by atoms with Gasteiger partial charge in [0.2, 0.25) is 5.76 Å². The SMILES string of the molecule is C[NH+](C)CCN1C(=O)c2oc3ccc(F)cc3c(=O)c2[C@@H]1c1ccncc1. The number of amides is 1. The molecule has 7 heteroatoms. The van der Waals surface area contributed by atoms with E-state index in [1.54, 1.807) is 29.4 Å². The van der Waals surface area contributed by atoms with E-state index in [1.807, 2.05) is 14.1 Å². The Labute approximate surface area is 154 Å². The van der Waals surface area contributed by atoms with E-state index < -0.39 is 11.9 Å². The van der Waals surface area contributed by atoms with E-state index in [1.165, 1.54) is 17.0 Å². The molecule has 0 bridgehead atoms. The Morgan fingerprint density at radius 2 is 1.93 bits per heavy atom. The van der Waals surface area contributed by atoms with Gasteiger partial charge in [0.1, 0.15) is 11.4 Å². The lowest BCUT2D eigenvalue weighted by Gasteiger charge is -2.25. The third kappa shape index (κ3) is 2.90. The van der Waals surface area contributed by atoms with Crippen LogP contribution in [0, 0.1) is 5.82 Å². The molecule has 2 aromatic heterocycles. The first kappa shape index (κ1) is 17.4. The number of halogens is 1. The highest BCUT2D eigenvalue weighted by molar-refractivity contribution is 5.99. The topological polar surface area (TPSA) is 67.8 Å². The molecule has 0 radical (unpaired) electrons. The molecule has 138 valence electrons. The number of likely N-dealkylation sites (N-methyl/N-ethyl adjacent to an activating group) is 1. The van der Waals surface area contributed by atoms with Crippen molar-refractivity contribution in [3.8, 4) is 0 Å². The Morgan fingerprint density at radius 1 is 1.19 bits per heavy atom. The van der Waals surface area contributed by atoms with Crippen LogP contribution in [0.5, 0.6) is 0 Å². The van der Waals surface area contributed by atoms with Gasteiger partial charge in [0.25, 0.3) is 5.91 Å². The van der Waals surface area contributed by atoms with Gasteiger partial charge < -0.3 is 14.2 Å². The van der Waals surface area contributed by atoms with E-state index >= 15 is 0 Å². The average molecular weight is 368 g/mol. The predicted octanol–water partition coefficient (Wildman–Crippen LogP) is 1.02. The average Bonchev–Trinajstić information content (AvgIpc) is 2.94. The molecule has 27 heavy (non-hydrogen) atoms. The maximum absolute atomic E-state index is 13.7. The largest absolute Gasteiger partial charge is 0.450 e. The summed E-state index contributed by atoms with van der Waals surface area (Å²) in [6, 6.07) is 6.73. The molecule has 1 N–H and O–H groups in total. The third-order valence-electron chi connectivity index (χ3n) is 4.80. The number of hydrogen-bond donors (Lipinski definition) is 1. The number of fused-ring (bicyclic) bond motifs is 2. The fourth-order valence-corrected chi connectivity index (χ4v) is 3.46. The van der Waals surface area contributed by atoms with E-state index in [4.69, 9.17) is 4.42 Å². The Kier molecular flexibility index (Phi) is 4.24. The first-order valence-electron chi connectivity index (χ1n) is 8.73. The Bertz CT molecular complexity index is 1080. The quantitative estimate of drug-likeness (QED) is 0.747. The van der Waals surface area contributed by atoms with E-state index in [0.29, 0.717) is 13.1 Å². The van der Waals surface area contributed by atoms with Crippen molar-refractivity contribution in [2.75, 3.05) is 27.2 Å². The van der Waals surface area contributed by atoms with Crippen LogP contribution in [-0.2, 0) is 0 Å². The van der Waals surface area contributed by atoms with Crippen molar-refractivity contribution < 1.29 is 18.5 Å². The van der Waals surface area contributed by atoms with Gasteiger partial charge in [0, 0.05) is 12.4 Å². The van der Waals surface area contributed by atoms with E-state index in [-0.39, 0.29) is 33.6 Å². The lowest BCUT2D eigenvalue weighted by atomic mass is 9.99. The second kappa shape index (κ2) is 6.59. The van der Waals surface area contributed by atoms with Crippen molar-refractivity contribution in [2.45, 2.75) is 6.04 Å². The number of nitrogens with zero attached hydrogens (tertiary/aromatic N) is 2. The fourth-order valence-electron chi connectivity index (χ4n) is 3.46. The van der Waals surface area contributed by atoms with Crippen LogP contribution >= 0.6 is 0 Å². The number of hydrogen-bond acceptors (Lipinski definition) is 4. The lowest BCUT2D eigenvalue weighted by molar-refractivity contribution is -0.857. The highest BCUT2D eigenvalue weighted by Crippen LogP contribution is 2.37. The molecule has 1 atom stereocenters. The van der Waals surface area contributed by atoms with Crippen molar-refractivity contribution in [1.29, 1.82) is 0 Å². The summed E-state index contributed by atoms with van der Waals surface area (Å²) in [5.41, 5.74) is 0.870. The lowest BCUT2D eigenvalue weighted by Crippen LogP contribution is -3.06. The summed E-state index contributed by atoms with van der Waals surface area (Å²) in [5.74, 6) is -0.807. The van der Waals surface area contributed by atoms with Crippen molar-refractivity contribution >= 4 is 16.9 Å². The molecule has 3 heterocycles. The third-order valence-corrected chi connectivity index (χ3v) is 4.80. The van der Waals surface area contributed by atoms with Crippen LogP contribution < -0.4 is 10.3 Å². The van der Waals surface area contributed by atoms with Gasteiger partial charge in [-0.15, -0.1) is 0 Å². The van der Waals surface area contributed by atoms with Crippen LogP contribution in [0.25, 0.3) is 11.0 Å². The smallest absolute Gasteiger partial charge is 0.291 e. The number of pyridine rings is 1. The minimum Gasteiger partial charge on any atom is -0.450 e. The Balaban J connectivity index is 1.95. The Hall–Kier alpha value is -3.06. The number of aromatic nitrogens is 1. The molecule has 0 saturated heterocycles. The maximum Gasteiger partial charge on any atom is 0.291 e. The summed E-state index contributed by atoms with van der Waals surface area (Å²) in [4.78, 5) is 33.1. The Morgan fingerprint density at radius 3 is 2.63 bits per heavy atom. The normalized spacial score (nSPS) is 16.4. The molecule has 1 aliphatic heterocycles. The van der Waals surface area contributed by atoms with Gasteiger partial charge in [-0.05, 0) is 35.9 Å². The zero-order valence-electron chi connectivity index (χ0n) is 15.0. The zero-order valence-corrected chi connectivity index (χ0v) is 15.0. The van der Waals surface area contributed by atoms with Crippen LogP contribution in [0.1, 0.15) is 27.7 Å². The van der Waals surface area contributed by atoms with Gasteiger partial charge in [0.05, 0.1) is 44.2 Å². The number of benzene rings is 1. The molecule has 1 aromatic carbocycles. The molecule has 0 saturated carbocycles. The second-order valence-corrected chi connectivity index (χ2v) is 6.95. The summed E-state index contributed by atoms with van der Waals surface area (Å²) in [5, 5.41) is 0.140. The van der Waals surface area contributed by atoms with E-state index in [9.17, 15) is 14.0 Å². The zero-order chi connectivity index (χ0) is 19.1. The van der Waals surface area contributed by atoms with Gasteiger partial charge in [-0.2, -0.15) is 0 Å². The second-order valence-electron chi connectivity index (χ2n) is 6.95. The standard InChI is InChI=1S/C20H18FN3O3/c1-23(2)9-10-24-17(12-5-7-22-8-6-12)16-18(25)14-11-13(21)3-4-15(14)27-19(16)20(24)26/h3-8,11,17H,9-10H2,1-2H3/p+1/t17-/m0/s1. The molecule has 0 aliphatic carbocycles. The van der Waals surface area contributed by atoms with Gasteiger partial charge in [0.15, 0.2) is 5.43 Å². The summed E-state index contributed by atoms with van der Waals surface area (Å²) < 4.78 is 19.4. The maximum atomic E-state index is 13.7.